The Kier molecular flexibility index (Phi) is 7.90. The molecule has 0 amide bonds. The summed E-state index contributed by atoms with van der Waals surface area (Å²) in [5, 5.41) is 0. The van der Waals surface area contributed by atoms with Crippen LogP contribution in [0.1, 0.15) is 46.5 Å². The molecule has 162 valence electrons. The van der Waals surface area contributed by atoms with Crippen LogP contribution in [0.15, 0.2) is 36.5 Å². The van der Waals surface area contributed by atoms with Crippen molar-refractivity contribution in [2.75, 3.05) is 40.5 Å². The summed E-state index contributed by atoms with van der Waals surface area (Å²) in [6, 6.07) is 8.58. The fraction of sp³-hybridized carbons (Fsp3) is 0.478. The van der Waals surface area contributed by atoms with Crippen LogP contribution in [-0.2, 0) is 11.3 Å². The van der Waals surface area contributed by atoms with Crippen LogP contribution in [0, 0.1) is 0 Å². The van der Waals surface area contributed by atoms with E-state index in [1.807, 2.05) is 0 Å². The van der Waals surface area contributed by atoms with Gasteiger partial charge in [0.1, 0.15) is 17.2 Å². The van der Waals surface area contributed by atoms with Crippen molar-refractivity contribution in [1.82, 2.24) is 9.47 Å². The van der Waals surface area contributed by atoms with Gasteiger partial charge in [-0.3, -0.25) is 4.79 Å². The van der Waals surface area contributed by atoms with E-state index in [1.165, 1.54) is 26.4 Å². The first kappa shape index (κ1) is 21.9. The number of hydrogen-bond acceptors (Lipinski definition) is 6. The Balaban J connectivity index is 1.62. The number of hydrogen-bond donors (Lipinski definition) is 0. The number of piperidine rings is 1. The van der Waals surface area contributed by atoms with Crippen LogP contribution in [0.3, 0.4) is 0 Å². The lowest BCUT2D eigenvalue weighted by Gasteiger charge is -2.26. The average Bonchev–Trinajstić information content (AvgIpc) is 3.19. The van der Waals surface area contributed by atoms with Gasteiger partial charge >= 0.3 is 5.97 Å². The third-order valence-corrected chi connectivity index (χ3v) is 5.31. The van der Waals surface area contributed by atoms with Gasteiger partial charge in [-0.25, -0.2) is 4.79 Å². The zero-order valence-electron chi connectivity index (χ0n) is 17.8. The van der Waals surface area contributed by atoms with Crippen molar-refractivity contribution in [3.05, 3.63) is 47.8 Å². The van der Waals surface area contributed by atoms with Gasteiger partial charge in [0.25, 0.3) is 0 Å². The number of carbonyl (C=O) groups is 2. The van der Waals surface area contributed by atoms with Crippen molar-refractivity contribution in [1.29, 1.82) is 0 Å². The molecule has 0 bridgehead atoms. The van der Waals surface area contributed by atoms with Crippen molar-refractivity contribution < 1.29 is 23.8 Å². The van der Waals surface area contributed by atoms with Crippen LogP contribution >= 0.6 is 0 Å². The smallest absolute Gasteiger partial charge is 0.354 e. The maximum Gasteiger partial charge on any atom is 0.354 e. The number of benzene rings is 1. The molecule has 7 nitrogen and oxygen atoms in total. The number of likely N-dealkylation sites (tertiary alicyclic amines) is 1. The summed E-state index contributed by atoms with van der Waals surface area (Å²) in [5.74, 6) is 0.537. The molecule has 1 aromatic carbocycles. The summed E-state index contributed by atoms with van der Waals surface area (Å²) in [4.78, 5) is 27.3. The van der Waals surface area contributed by atoms with Crippen LogP contribution in [0.25, 0.3) is 0 Å². The number of aromatic nitrogens is 1. The van der Waals surface area contributed by atoms with Gasteiger partial charge in [-0.2, -0.15) is 0 Å². The second-order valence-corrected chi connectivity index (χ2v) is 7.44. The minimum Gasteiger partial charge on any atom is -0.497 e. The van der Waals surface area contributed by atoms with E-state index in [0.717, 1.165) is 26.1 Å². The number of ether oxygens (including phenoxy) is 3. The Morgan fingerprint density at radius 1 is 1.03 bits per heavy atom. The number of esters is 1. The highest BCUT2D eigenvalue weighted by Crippen LogP contribution is 2.20. The highest BCUT2D eigenvalue weighted by atomic mass is 16.5. The van der Waals surface area contributed by atoms with Crippen LogP contribution in [-0.4, -0.2) is 61.7 Å². The molecule has 1 saturated heterocycles. The van der Waals surface area contributed by atoms with Gasteiger partial charge in [-0.15, -0.1) is 0 Å². The SMILES string of the molecule is COC(=O)c1cc(OCCCN2CCCCC2)cn1CC(=O)c1cccc(OC)c1. The van der Waals surface area contributed by atoms with Crippen molar-refractivity contribution in [2.45, 2.75) is 32.2 Å². The Labute approximate surface area is 177 Å². The van der Waals surface area contributed by atoms with E-state index in [1.54, 1.807) is 48.2 Å². The van der Waals surface area contributed by atoms with E-state index in [-0.39, 0.29) is 12.3 Å². The van der Waals surface area contributed by atoms with Crippen LogP contribution in [0.4, 0.5) is 0 Å². The summed E-state index contributed by atoms with van der Waals surface area (Å²) in [7, 11) is 2.88. The van der Waals surface area contributed by atoms with E-state index >= 15 is 0 Å². The Bertz CT molecular complexity index is 855. The summed E-state index contributed by atoms with van der Waals surface area (Å²) in [6.07, 6.45) is 6.47. The third kappa shape index (κ3) is 5.86. The standard InChI is InChI=1S/C23H30N2O5/c1-28-19-9-6-8-18(14-19)22(26)17-25-16-20(15-21(25)23(27)29-2)30-13-7-12-24-10-4-3-5-11-24/h6,8-9,14-16H,3-5,7,10-13,17H2,1-2H3. The first-order chi connectivity index (χ1) is 14.6. The maximum atomic E-state index is 12.7. The first-order valence-corrected chi connectivity index (χ1v) is 10.4. The van der Waals surface area contributed by atoms with Crippen LogP contribution in [0.2, 0.25) is 0 Å². The Morgan fingerprint density at radius 3 is 2.57 bits per heavy atom. The lowest BCUT2D eigenvalue weighted by Crippen LogP contribution is -2.31. The number of nitrogens with zero attached hydrogens (tertiary/aromatic N) is 2. The molecule has 7 heteroatoms. The molecule has 2 heterocycles. The summed E-state index contributed by atoms with van der Waals surface area (Å²) < 4.78 is 17.5. The number of carbonyl (C=O) groups excluding carboxylic acids is 2. The minimum atomic E-state index is -0.503. The number of methoxy groups -OCH3 is 2. The second kappa shape index (κ2) is 10.8. The molecular weight excluding hydrogens is 384 g/mol. The van der Waals surface area contributed by atoms with Gasteiger partial charge in [0.15, 0.2) is 5.78 Å². The summed E-state index contributed by atoms with van der Waals surface area (Å²) in [5.41, 5.74) is 0.808. The molecule has 1 aliphatic heterocycles. The largest absolute Gasteiger partial charge is 0.497 e. The fourth-order valence-corrected chi connectivity index (χ4v) is 3.67. The monoisotopic (exact) mass is 414 g/mol. The highest BCUT2D eigenvalue weighted by Gasteiger charge is 2.18. The van der Waals surface area contributed by atoms with Crippen molar-refractivity contribution in [2.24, 2.45) is 0 Å². The van der Waals surface area contributed by atoms with E-state index < -0.39 is 5.97 Å². The topological polar surface area (TPSA) is 70.0 Å². The third-order valence-electron chi connectivity index (χ3n) is 5.31. The van der Waals surface area contributed by atoms with Gasteiger partial charge in [-0.1, -0.05) is 18.6 Å². The van der Waals surface area contributed by atoms with E-state index in [2.05, 4.69) is 4.90 Å². The molecule has 1 aliphatic rings. The number of ketones is 1. The van der Waals surface area contributed by atoms with Gasteiger partial charge in [0.2, 0.25) is 0 Å². The quantitative estimate of drug-likeness (QED) is 0.337. The fourth-order valence-electron chi connectivity index (χ4n) is 3.67. The molecule has 1 fully saturated rings. The summed E-state index contributed by atoms with van der Waals surface area (Å²) in [6.45, 7) is 3.91. The summed E-state index contributed by atoms with van der Waals surface area (Å²) >= 11 is 0. The molecule has 1 aromatic heterocycles. The van der Waals surface area contributed by atoms with Gasteiger partial charge in [0, 0.05) is 24.4 Å². The zero-order valence-corrected chi connectivity index (χ0v) is 17.8. The molecule has 0 unspecified atom stereocenters. The minimum absolute atomic E-state index is 0.00867. The average molecular weight is 415 g/mol. The van der Waals surface area contributed by atoms with Crippen LogP contribution < -0.4 is 9.47 Å². The van der Waals surface area contributed by atoms with Crippen molar-refractivity contribution >= 4 is 11.8 Å². The second-order valence-electron chi connectivity index (χ2n) is 7.44. The van der Waals surface area contributed by atoms with E-state index in [4.69, 9.17) is 14.2 Å². The highest BCUT2D eigenvalue weighted by molar-refractivity contribution is 5.97. The molecule has 0 N–H and O–H groups in total. The Hall–Kier alpha value is -2.80. The molecule has 0 radical (unpaired) electrons. The lowest BCUT2D eigenvalue weighted by atomic mass is 10.1. The molecule has 2 aromatic rings. The maximum absolute atomic E-state index is 12.7. The number of Topliss-reactive ketones (excluding diaryl/α,β-unsaturated/α-hetero) is 1. The Morgan fingerprint density at radius 2 is 1.83 bits per heavy atom. The predicted octanol–water partition coefficient (Wildman–Crippen LogP) is 3.42. The van der Waals surface area contributed by atoms with Gasteiger partial charge in [0.05, 0.1) is 27.4 Å². The molecule has 0 saturated carbocycles. The van der Waals surface area contributed by atoms with E-state index in [0.29, 0.717) is 29.4 Å². The molecule has 0 spiro atoms. The van der Waals surface area contributed by atoms with Crippen LogP contribution in [0.5, 0.6) is 11.5 Å². The van der Waals surface area contributed by atoms with E-state index in [9.17, 15) is 9.59 Å². The molecular formula is C23H30N2O5. The predicted molar refractivity (Wildman–Crippen MR) is 113 cm³/mol. The first-order valence-electron chi connectivity index (χ1n) is 10.4. The van der Waals surface area contributed by atoms with Gasteiger partial charge in [-0.05, 0) is 44.5 Å². The normalized spacial score (nSPS) is 14.3. The molecule has 0 aliphatic carbocycles. The molecule has 3 rings (SSSR count). The van der Waals surface area contributed by atoms with Gasteiger partial charge < -0.3 is 23.7 Å². The van der Waals surface area contributed by atoms with Crippen molar-refractivity contribution in [3.63, 3.8) is 0 Å². The zero-order chi connectivity index (χ0) is 21.3. The number of rotatable bonds is 10. The van der Waals surface area contributed by atoms with Crippen molar-refractivity contribution in [3.8, 4) is 11.5 Å². The molecule has 30 heavy (non-hydrogen) atoms. The lowest BCUT2D eigenvalue weighted by molar-refractivity contribution is 0.0588. The molecule has 0 atom stereocenters.